The largest absolute Gasteiger partial charge is 0.337 e. The summed E-state index contributed by atoms with van der Waals surface area (Å²) in [7, 11) is 0. The van der Waals surface area contributed by atoms with Gasteiger partial charge in [-0.2, -0.15) is 0 Å². The van der Waals surface area contributed by atoms with Crippen molar-refractivity contribution in [2.75, 3.05) is 0 Å². The Morgan fingerprint density at radius 3 is 1.81 bits per heavy atom. The number of carbonyl (C=O) groups excluding carboxylic acids is 6. The van der Waals surface area contributed by atoms with Gasteiger partial charge in [0.2, 0.25) is 23.4 Å². The van der Waals surface area contributed by atoms with E-state index in [1.54, 1.807) is 0 Å². The summed E-state index contributed by atoms with van der Waals surface area (Å²) in [5, 5.41) is 2.38. The van der Waals surface area contributed by atoms with Gasteiger partial charge in [0, 0.05) is 25.7 Å². The van der Waals surface area contributed by atoms with Crippen molar-refractivity contribution in [3.8, 4) is 0 Å². The predicted molar refractivity (Wildman–Crippen MR) is 87.2 cm³/mol. The SMILES string of the molecule is CCC(=O)N1C(=O)N(C(=O)CC)C2(C(=O)CC)C1NC(=O)N2C(=O)CC. The highest BCUT2D eigenvalue weighted by Gasteiger charge is 2.73. The Morgan fingerprint density at radius 1 is 0.846 bits per heavy atom. The molecule has 7 amide bonds. The normalized spacial score (nSPS) is 24.6. The number of amides is 7. The number of nitrogens with one attached hydrogen (secondary N) is 1. The van der Waals surface area contributed by atoms with E-state index in [-0.39, 0.29) is 25.7 Å². The lowest BCUT2D eigenvalue weighted by atomic mass is 9.96. The molecule has 0 aromatic heterocycles. The molecule has 142 valence electrons. The maximum atomic E-state index is 13.0. The molecule has 2 aliphatic heterocycles. The zero-order valence-electron chi connectivity index (χ0n) is 15.2. The molecule has 2 atom stereocenters. The summed E-state index contributed by atoms with van der Waals surface area (Å²) in [5.41, 5.74) is -2.19. The van der Waals surface area contributed by atoms with Gasteiger partial charge < -0.3 is 5.32 Å². The quantitative estimate of drug-likeness (QED) is 0.758. The molecule has 10 heteroatoms. The summed E-state index contributed by atoms with van der Waals surface area (Å²) in [6, 6.07) is -1.93. The third-order valence-electron chi connectivity index (χ3n) is 4.59. The summed E-state index contributed by atoms with van der Waals surface area (Å²) in [4.78, 5) is 77.6. The van der Waals surface area contributed by atoms with Crippen LogP contribution in [0.25, 0.3) is 0 Å². The molecular formula is C16H22N4O6. The number of rotatable bonds is 5. The Morgan fingerprint density at radius 2 is 1.35 bits per heavy atom. The van der Waals surface area contributed by atoms with Gasteiger partial charge in [0.1, 0.15) is 0 Å². The molecule has 2 heterocycles. The molecule has 0 aromatic rings. The van der Waals surface area contributed by atoms with Gasteiger partial charge >= 0.3 is 12.1 Å². The monoisotopic (exact) mass is 366 g/mol. The van der Waals surface area contributed by atoms with Gasteiger partial charge in [0.05, 0.1) is 0 Å². The molecule has 2 unspecified atom stereocenters. The van der Waals surface area contributed by atoms with E-state index in [4.69, 9.17) is 0 Å². The molecule has 0 spiro atoms. The minimum absolute atomic E-state index is 0.0790. The third-order valence-corrected chi connectivity index (χ3v) is 4.59. The number of hydrogen-bond donors (Lipinski definition) is 1. The number of nitrogens with zero attached hydrogens (tertiary/aromatic N) is 3. The minimum atomic E-state index is -2.19. The van der Waals surface area contributed by atoms with E-state index >= 15 is 0 Å². The van der Waals surface area contributed by atoms with Gasteiger partial charge in [-0.05, 0) is 0 Å². The van der Waals surface area contributed by atoms with Crippen LogP contribution in [0.4, 0.5) is 9.59 Å². The number of Topliss-reactive ketones (excluding diaryl/α,β-unsaturated/α-hetero) is 1. The highest BCUT2D eigenvalue weighted by molar-refractivity contribution is 6.16. The Balaban J connectivity index is 2.81. The second-order valence-corrected chi connectivity index (χ2v) is 5.92. The van der Waals surface area contributed by atoms with Crippen LogP contribution in [0.3, 0.4) is 0 Å². The smallest absolute Gasteiger partial charge is 0.312 e. The fourth-order valence-electron chi connectivity index (χ4n) is 3.39. The first kappa shape index (κ1) is 19.5. The Labute approximate surface area is 150 Å². The van der Waals surface area contributed by atoms with Crippen LogP contribution in [-0.2, 0) is 19.2 Å². The van der Waals surface area contributed by atoms with Crippen LogP contribution >= 0.6 is 0 Å². The number of ketones is 1. The Bertz CT molecular complexity index is 703. The fraction of sp³-hybridized carbons (Fsp3) is 0.625. The molecule has 1 N–H and O–H groups in total. The maximum absolute atomic E-state index is 13.0. The van der Waals surface area contributed by atoms with E-state index in [1.165, 1.54) is 27.7 Å². The molecule has 10 nitrogen and oxygen atoms in total. The number of urea groups is 2. The second-order valence-electron chi connectivity index (χ2n) is 5.92. The lowest BCUT2D eigenvalue weighted by Crippen LogP contribution is -2.67. The van der Waals surface area contributed by atoms with Crippen LogP contribution in [0.15, 0.2) is 0 Å². The minimum Gasteiger partial charge on any atom is -0.312 e. The van der Waals surface area contributed by atoms with Crippen molar-refractivity contribution in [1.82, 2.24) is 20.0 Å². The van der Waals surface area contributed by atoms with Crippen molar-refractivity contribution in [3.05, 3.63) is 0 Å². The van der Waals surface area contributed by atoms with E-state index in [0.29, 0.717) is 14.7 Å². The first-order valence-corrected chi connectivity index (χ1v) is 8.59. The Hall–Kier alpha value is -2.78. The summed E-state index contributed by atoms with van der Waals surface area (Å²) in [5.74, 6) is -2.81. The molecule has 0 radical (unpaired) electrons. The standard InChI is InChI=1S/C16H22N4O6/c1-5-9(21)16-13(17-14(25)19(16)11(23)7-3)18(10(22)6-2)15(26)20(16)12(24)8-4/h13H,5-8H2,1-4H3,(H,17,25). The van der Waals surface area contributed by atoms with Gasteiger partial charge in [0.25, 0.3) is 0 Å². The van der Waals surface area contributed by atoms with Crippen LogP contribution < -0.4 is 5.32 Å². The van der Waals surface area contributed by atoms with Crippen molar-refractivity contribution in [2.24, 2.45) is 0 Å². The van der Waals surface area contributed by atoms with E-state index in [2.05, 4.69) is 5.32 Å². The highest BCUT2D eigenvalue weighted by atomic mass is 16.2. The summed E-state index contributed by atoms with van der Waals surface area (Å²) in [6.07, 6.45) is -1.93. The van der Waals surface area contributed by atoms with Crippen molar-refractivity contribution in [3.63, 3.8) is 0 Å². The topological polar surface area (TPSA) is 124 Å². The predicted octanol–water partition coefficient (Wildman–Crippen LogP) is 0.560. The average molecular weight is 366 g/mol. The van der Waals surface area contributed by atoms with Crippen LogP contribution in [0.5, 0.6) is 0 Å². The zero-order chi connectivity index (χ0) is 19.8. The van der Waals surface area contributed by atoms with E-state index in [9.17, 15) is 28.8 Å². The summed E-state index contributed by atoms with van der Waals surface area (Å²) >= 11 is 0. The fourth-order valence-corrected chi connectivity index (χ4v) is 3.39. The van der Waals surface area contributed by atoms with E-state index in [0.717, 1.165) is 0 Å². The molecule has 26 heavy (non-hydrogen) atoms. The van der Waals surface area contributed by atoms with Gasteiger partial charge in [-0.15, -0.1) is 0 Å². The van der Waals surface area contributed by atoms with Gasteiger partial charge in [-0.25, -0.2) is 24.3 Å². The average Bonchev–Trinajstić information content (AvgIpc) is 3.06. The molecular weight excluding hydrogens is 344 g/mol. The lowest BCUT2D eigenvalue weighted by molar-refractivity contribution is -0.156. The number of carbonyl (C=O) groups is 6. The molecule has 2 saturated heterocycles. The first-order valence-electron chi connectivity index (χ1n) is 8.59. The Kier molecular flexibility index (Phi) is 5.15. The van der Waals surface area contributed by atoms with Gasteiger partial charge in [0.15, 0.2) is 11.9 Å². The first-order chi connectivity index (χ1) is 12.2. The van der Waals surface area contributed by atoms with Crippen molar-refractivity contribution < 1.29 is 28.8 Å². The van der Waals surface area contributed by atoms with E-state index in [1.807, 2.05) is 0 Å². The van der Waals surface area contributed by atoms with Crippen LogP contribution in [0.1, 0.15) is 53.4 Å². The number of fused-ring (bicyclic) bond motifs is 1. The third kappa shape index (κ3) is 2.31. The molecule has 0 saturated carbocycles. The van der Waals surface area contributed by atoms with E-state index < -0.39 is 47.4 Å². The molecule has 2 fully saturated rings. The molecule has 2 rings (SSSR count). The molecule has 0 bridgehead atoms. The summed E-state index contributed by atoms with van der Waals surface area (Å²) in [6.45, 7) is 5.98. The summed E-state index contributed by atoms with van der Waals surface area (Å²) < 4.78 is 0. The van der Waals surface area contributed by atoms with Crippen molar-refractivity contribution in [2.45, 2.75) is 65.2 Å². The van der Waals surface area contributed by atoms with Crippen LogP contribution in [0, 0.1) is 0 Å². The lowest BCUT2D eigenvalue weighted by Gasteiger charge is -2.38. The number of hydrogen-bond acceptors (Lipinski definition) is 6. The maximum Gasteiger partial charge on any atom is 0.337 e. The molecule has 0 aromatic carbocycles. The molecule has 0 aliphatic carbocycles. The van der Waals surface area contributed by atoms with Crippen LogP contribution in [0.2, 0.25) is 0 Å². The van der Waals surface area contributed by atoms with Crippen molar-refractivity contribution >= 4 is 35.6 Å². The second kappa shape index (κ2) is 6.85. The highest BCUT2D eigenvalue weighted by Crippen LogP contribution is 2.41. The van der Waals surface area contributed by atoms with Gasteiger partial charge in [-0.1, -0.05) is 27.7 Å². The molecule has 2 aliphatic rings. The number of imide groups is 3. The van der Waals surface area contributed by atoms with Crippen molar-refractivity contribution in [1.29, 1.82) is 0 Å². The van der Waals surface area contributed by atoms with Crippen LogP contribution in [-0.4, -0.2) is 62.1 Å². The zero-order valence-corrected chi connectivity index (χ0v) is 15.2. The van der Waals surface area contributed by atoms with Gasteiger partial charge in [-0.3, -0.25) is 19.2 Å².